The van der Waals surface area contributed by atoms with Crippen LogP contribution in [0.2, 0.25) is 5.02 Å². The molecule has 2 heterocycles. The maximum atomic E-state index is 11.4. The van der Waals surface area contributed by atoms with Crippen LogP contribution in [0.4, 0.5) is 5.69 Å². The largest absolute Gasteiger partial charge is 0.369 e. The van der Waals surface area contributed by atoms with Crippen LogP contribution in [-0.2, 0) is 0 Å². The van der Waals surface area contributed by atoms with E-state index in [1.165, 1.54) is 28.8 Å². The van der Waals surface area contributed by atoms with E-state index in [-0.39, 0.29) is 5.91 Å². The molecule has 1 saturated heterocycles. The summed E-state index contributed by atoms with van der Waals surface area (Å²) < 4.78 is 0. The number of carbonyl (C=O) groups excluding carboxylic acids is 1. The average molecular weight is 520 g/mol. The van der Waals surface area contributed by atoms with Gasteiger partial charge in [0.15, 0.2) is 0 Å². The van der Waals surface area contributed by atoms with E-state index >= 15 is 0 Å². The topological polar surface area (TPSA) is 49.6 Å². The molecule has 3 aromatic rings. The molecule has 1 aromatic heterocycles. The van der Waals surface area contributed by atoms with Gasteiger partial charge in [-0.15, -0.1) is 11.3 Å². The Morgan fingerprint density at radius 1 is 1.00 bits per heavy atom. The van der Waals surface area contributed by atoms with Crippen LogP contribution in [0.1, 0.15) is 48.3 Å². The summed E-state index contributed by atoms with van der Waals surface area (Å²) >= 11 is 7.97. The van der Waals surface area contributed by atoms with Gasteiger partial charge in [-0.3, -0.25) is 9.69 Å². The van der Waals surface area contributed by atoms with Crippen molar-refractivity contribution in [2.24, 2.45) is 11.1 Å². The molecular weight excluding hydrogens is 486 g/mol. The van der Waals surface area contributed by atoms with Crippen molar-refractivity contribution in [2.45, 2.75) is 33.1 Å². The van der Waals surface area contributed by atoms with Gasteiger partial charge in [0.05, 0.1) is 0 Å². The average Bonchev–Trinajstić information content (AvgIpc) is 3.36. The lowest BCUT2D eigenvalue weighted by atomic mass is 9.73. The number of hydrogen-bond donors (Lipinski definition) is 1. The molecule has 1 aliphatic carbocycles. The number of anilines is 1. The fraction of sp³-hybridized carbons (Fsp3) is 0.367. The molecule has 1 aliphatic heterocycles. The van der Waals surface area contributed by atoms with Crippen LogP contribution in [0, 0.1) is 5.41 Å². The highest BCUT2D eigenvalue weighted by Crippen LogP contribution is 2.45. The number of carbonyl (C=O) groups is 1. The first-order valence-corrected chi connectivity index (χ1v) is 14.0. The first-order chi connectivity index (χ1) is 17.3. The minimum atomic E-state index is -0.378. The summed E-state index contributed by atoms with van der Waals surface area (Å²) in [5.74, 6) is -0.378. The molecule has 5 rings (SSSR count). The minimum Gasteiger partial charge on any atom is -0.369 e. The molecule has 0 atom stereocenters. The third kappa shape index (κ3) is 5.69. The molecule has 0 radical (unpaired) electrons. The van der Waals surface area contributed by atoms with Crippen molar-refractivity contribution in [1.82, 2.24) is 4.90 Å². The van der Waals surface area contributed by atoms with E-state index in [0.29, 0.717) is 11.0 Å². The Hall–Kier alpha value is -2.60. The molecule has 0 bridgehead atoms. The van der Waals surface area contributed by atoms with E-state index in [1.807, 2.05) is 47.7 Å². The predicted molar refractivity (Wildman–Crippen MR) is 153 cm³/mol. The van der Waals surface area contributed by atoms with Crippen molar-refractivity contribution in [2.75, 3.05) is 37.6 Å². The number of halogens is 1. The van der Waals surface area contributed by atoms with E-state index in [4.69, 9.17) is 17.3 Å². The fourth-order valence-corrected chi connectivity index (χ4v) is 6.46. The number of nitrogens with zero attached hydrogens (tertiary/aromatic N) is 2. The van der Waals surface area contributed by atoms with Gasteiger partial charge in [0.25, 0.3) is 0 Å². The Kier molecular flexibility index (Phi) is 7.25. The number of allylic oxidation sites excluding steroid dienone is 1. The first-order valence-electron chi connectivity index (χ1n) is 12.7. The fourth-order valence-electron chi connectivity index (χ4n) is 5.33. The summed E-state index contributed by atoms with van der Waals surface area (Å²) in [5, 5.41) is 3.06. The zero-order valence-corrected chi connectivity index (χ0v) is 22.7. The third-order valence-electron chi connectivity index (χ3n) is 7.56. The number of nitrogens with two attached hydrogens (primary N) is 1. The molecule has 2 N–H and O–H groups in total. The first kappa shape index (κ1) is 25.1. The Labute approximate surface area is 223 Å². The smallest absolute Gasteiger partial charge is 0.248 e. The zero-order valence-electron chi connectivity index (χ0n) is 21.1. The summed E-state index contributed by atoms with van der Waals surface area (Å²) in [6.07, 6.45) is 3.55. The maximum Gasteiger partial charge on any atom is 0.248 e. The van der Waals surface area contributed by atoms with Gasteiger partial charge >= 0.3 is 0 Å². The maximum absolute atomic E-state index is 11.4. The lowest BCUT2D eigenvalue weighted by Gasteiger charge is -2.39. The van der Waals surface area contributed by atoms with Crippen LogP contribution in [0.3, 0.4) is 0 Å². The molecular formula is C30H34ClN3OS. The summed E-state index contributed by atoms with van der Waals surface area (Å²) in [6.45, 7) is 9.91. The predicted octanol–water partition coefficient (Wildman–Crippen LogP) is 6.95. The van der Waals surface area contributed by atoms with Crippen molar-refractivity contribution >= 4 is 40.1 Å². The summed E-state index contributed by atoms with van der Waals surface area (Å²) in [5.41, 5.74) is 13.1. The Bertz CT molecular complexity index is 1250. The molecule has 36 heavy (non-hydrogen) atoms. The number of amides is 1. The number of primary amides is 1. The molecule has 0 saturated carbocycles. The molecule has 2 aliphatic rings. The molecule has 188 valence electrons. The van der Waals surface area contributed by atoms with E-state index in [1.54, 1.807) is 11.1 Å². The van der Waals surface area contributed by atoms with Gasteiger partial charge in [0.2, 0.25) is 5.91 Å². The number of rotatable bonds is 6. The number of benzene rings is 2. The zero-order chi connectivity index (χ0) is 25.3. The molecule has 6 heteroatoms. The van der Waals surface area contributed by atoms with E-state index in [9.17, 15) is 4.79 Å². The SMILES string of the molecule is CC1(C)CCC(CN2CCN(c3ccc(C(N)=O)cc3)CC2)=C(c2cc(-c3ccc(Cl)cc3)cs2)C1. The standard InChI is InChI=1S/C30H34ClN3OS/c1-30(2)12-11-23(27(18-30)28-17-24(20-36-28)21-3-7-25(31)8-4-21)19-33-13-15-34(16-14-33)26-9-5-22(6-10-26)29(32)35/h3-10,17,20H,11-16,18-19H2,1-2H3,(H2,32,35). The van der Waals surface area contributed by atoms with Crippen molar-refractivity contribution in [3.8, 4) is 11.1 Å². The second-order valence-corrected chi connectivity index (χ2v) is 12.2. The van der Waals surface area contributed by atoms with E-state index in [2.05, 4.69) is 47.2 Å². The highest BCUT2D eigenvalue weighted by Gasteiger charge is 2.30. The van der Waals surface area contributed by atoms with Gasteiger partial charge in [-0.25, -0.2) is 0 Å². The van der Waals surface area contributed by atoms with Crippen LogP contribution >= 0.6 is 22.9 Å². The van der Waals surface area contributed by atoms with E-state index < -0.39 is 0 Å². The molecule has 0 spiro atoms. The van der Waals surface area contributed by atoms with Crippen molar-refractivity contribution < 1.29 is 4.79 Å². The van der Waals surface area contributed by atoms with Crippen LogP contribution in [-0.4, -0.2) is 43.5 Å². The number of thiophene rings is 1. The van der Waals surface area contributed by atoms with Crippen LogP contribution in [0.25, 0.3) is 16.7 Å². The second-order valence-electron chi connectivity index (χ2n) is 10.8. The van der Waals surface area contributed by atoms with Crippen molar-refractivity contribution in [3.05, 3.63) is 81.0 Å². The molecule has 1 fully saturated rings. The van der Waals surface area contributed by atoms with Crippen LogP contribution in [0.5, 0.6) is 0 Å². The lowest BCUT2D eigenvalue weighted by Crippen LogP contribution is -2.47. The highest BCUT2D eigenvalue weighted by atomic mass is 35.5. The normalized spacial score (nSPS) is 18.5. The van der Waals surface area contributed by atoms with Gasteiger partial charge in [0.1, 0.15) is 0 Å². The van der Waals surface area contributed by atoms with Gasteiger partial charge in [-0.1, -0.05) is 43.2 Å². The number of piperazine rings is 1. The van der Waals surface area contributed by atoms with Crippen LogP contribution in [0.15, 0.2) is 65.6 Å². The Morgan fingerprint density at radius 2 is 1.69 bits per heavy atom. The minimum absolute atomic E-state index is 0.332. The number of hydrogen-bond acceptors (Lipinski definition) is 4. The highest BCUT2D eigenvalue weighted by molar-refractivity contribution is 7.11. The van der Waals surface area contributed by atoms with Crippen molar-refractivity contribution in [1.29, 1.82) is 0 Å². The Morgan fingerprint density at radius 3 is 2.36 bits per heavy atom. The molecule has 2 aromatic carbocycles. The molecule has 0 unspecified atom stereocenters. The van der Waals surface area contributed by atoms with E-state index in [0.717, 1.165) is 49.9 Å². The van der Waals surface area contributed by atoms with Crippen LogP contribution < -0.4 is 10.6 Å². The van der Waals surface area contributed by atoms with Gasteiger partial charge in [-0.05, 0) is 89.2 Å². The summed E-state index contributed by atoms with van der Waals surface area (Å²) in [4.78, 5) is 17.8. The summed E-state index contributed by atoms with van der Waals surface area (Å²) in [7, 11) is 0. The summed E-state index contributed by atoms with van der Waals surface area (Å²) in [6, 6.07) is 18.2. The quantitative estimate of drug-likeness (QED) is 0.383. The molecule has 1 amide bonds. The Balaban J connectivity index is 1.30. The van der Waals surface area contributed by atoms with Gasteiger partial charge < -0.3 is 10.6 Å². The third-order valence-corrected chi connectivity index (χ3v) is 8.81. The second kappa shape index (κ2) is 10.4. The molecule has 4 nitrogen and oxygen atoms in total. The lowest BCUT2D eigenvalue weighted by molar-refractivity contribution is 0.100. The van der Waals surface area contributed by atoms with Crippen molar-refractivity contribution in [3.63, 3.8) is 0 Å². The monoisotopic (exact) mass is 519 g/mol. The van der Waals surface area contributed by atoms with Gasteiger partial charge in [-0.2, -0.15) is 0 Å². The van der Waals surface area contributed by atoms with Gasteiger partial charge in [0, 0.05) is 53.9 Å².